The van der Waals surface area contributed by atoms with Crippen LogP contribution in [0.2, 0.25) is 0 Å². The van der Waals surface area contributed by atoms with Crippen LogP contribution >= 0.6 is 0 Å². The van der Waals surface area contributed by atoms with Gasteiger partial charge in [0, 0.05) is 23.6 Å². The molecule has 0 fully saturated rings. The van der Waals surface area contributed by atoms with E-state index < -0.39 is 11.7 Å². The maximum absolute atomic E-state index is 13.0. The van der Waals surface area contributed by atoms with E-state index in [0.717, 1.165) is 28.6 Å². The molecule has 2 aromatic carbocycles. The molecule has 3 aromatic rings. The lowest BCUT2D eigenvalue weighted by molar-refractivity contribution is -0.137. The average Bonchev–Trinajstić information content (AvgIpc) is 2.89. The molecule has 148 valence electrons. The van der Waals surface area contributed by atoms with E-state index in [-0.39, 0.29) is 18.0 Å². The Hall–Kier alpha value is -3.15. The summed E-state index contributed by atoms with van der Waals surface area (Å²) in [7, 11) is 0. The van der Waals surface area contributed by atoms with Crippen molar-refractivity contribution in [2.45, 2.75) is 25.4 Å². The van der Waals surface area contributed by atoms with Crippen molar-refractivity contribution in [1.29, 1.82) is 0 Å². The van der Waals surface area contributed by atoms with E-state index in [0.29, 0.717) is 30.6 Å². The van der Waals surface area contributed by atoms with Gasteiger partial charge in [-0.2, -0.15) is 13.2 Å². The van der Waals surface area contributed by atoms with Gasteiger partial charge in [0.2, 0.25) is 0 Å². The Morgan fingerprint density at radius 3 is 2.83 bits per heavy atom. The molecular weight excluding hydrogens is 379 g/mol. The number of fused-ring (bicyclic) bond motifs is 2. The van der Waals surface area contributed by atoms with Crippen LogP contribution in [0.3, 0.4) is 0 Å². The molecule has 0 aliphatic carbocycles. The van der Waals surface area contributed by atoms with Crippen LogP contribution in [0.4, 0.5) is 13.2 Å². The highest BCUT2D eigenvalue weighted by Crippen LogP contribution is 2.38. The summed E-state index contributed by atoms with van der Waals surface area (Å²) in [5, 5.41) is 0.998. The second-order valence-corrected chi connectivity index (χ2v) is 7.00. The van der Waals surface area contributed by atoms with Crippen molar-refractivity contribution in [3.63, 3.8) is 0 Å². The van der Waals surface area contributed by atoms with Gasteiger partial charge >= 0.3 is 6.18 Å². The first-order valence-electron chi connectivity index (χ1n) is 9.32. The number of alkyl halides is 3. The molecule has 0 spiro atoms. The normalized spacial score (nSPS) is 15.6. The maximum atomic E-state index is 13.0. The third kappa shape index (κ3) is 4.31. The number of ether oxygens (including phenoxy) is 1. The SMILES string of the molecule is O=C(/C=C1/CCCOc2cc(C(F)(F)F)ccc21)Cc1ccc2cccnc2c1. The van der Waals surface area contributed by atoms with Gasteiger partial charge in [-0.15, -0.1) is 0 Å². The zero-order valence-corrected chi connectivity index (χ0v) is 15.5. The van der Waals surface area contributed by atoms with Gasteiger partial charge in [0.1, 0.15) is 5.75 Å². The second kappa shape index (κ2) is 7.70. The van der Waals surface area contributed by atoms with E-state index in [1.165, 1.54) is 12.1 Å². The van der Waals surface area contributed by atoms with E-state index in [1.807, 2.05) is 30.3 Å². The highest BCUT2D eigenvalue weighted by Gasteiger charge is 2.32. The van der Waals surface area contributed by atoms with Crippen molar-refractivity contribution >= 4 is 22.3 Å². The van der Waals surface area contributed by atoms with Gasteiger partial charge in [-0.25, -0.2) is 0 Å². The molecule has 2 heterocycles. The van der Waals surface area contributed by atoms with Gasteiger partial charge in [0.05, 0.1) is 17.7 Å². The molecule has 0 unspecified atom stereocenters. The summed E-state index contributed by atoms with van der Waals surface area (Å²) in [6.07, 6.45) is 0.205. The monoisotopic (exact) mass is 397 g/mol. The lowest BCUT2D eigenvalue weighted by Gasteiger charge is -2.13. The Balaban J connectivity index is 1.60. The fourth-order valence-corrected chi connectivity index (χ4v) is 3.48. The van der Waals surface area contributed by atoms with Crippen molar-refractivity contribution in [2.75, 3.05) is 6.61 Å². The first-order chi connectivity index (χ1) is 13.9. The summed E-state index contributed by atoms with van der Waals surface area (Å²) in [6, 6.07) is 12.9. The minimum atomic E-state index is -4.44. The molecule has 0 saturated heterocycles. The number of carbonyl (C=O) groups excluding carboxylic acids is 1. The summed E-state index contributed by atoms with van der Waals surface area (Å²) in [5.74, 6) is 0.0642. The summed E-state index contributed by atoms with van der Waals surface area (Å²) in [4.78, 5) is 16.9. The lowest BCUT2D eigenvalue weighted by Crippen LogP contribution is -2.06. The van der Waals surface area contributed by atoms with Crippen LogP contribution in [-0.4, -0.2) is 17.4 Å². The number of ketones is 1. The zero-order chi connectivity index (χ0) is 20.4. The molecule has 0 saturated carbocycles. The molecule has 0 N–H and O–H groups in total. The third-order valence-corrected chi connectivity index (χ3v) is 4.89. The van der Waals surface area contributed by atoms with E-state index in [2.05, 4.69) is 4.98 Å². The number of rotatable bonds is 3. The Morgan fingerprint density at radius 1 is 1.14 bits per heavy atom. The maximum Gasteiger partial charge on any atom is 0.416 e. The number of hydrogen-bond donors (Lipinski definition) is 0. The lowest BCUT2D eigenvalue weighted by atomic mass is 9.97. The van der Waals surface area contributed by atoms with Gasteiger partial charge in [-0.1, -0.05) is 24.3 Å². The van der Waals surface area contributed by atoms with E-state index in [9.17, 15) is 18.0 Å². The van der Waals surface area contributed by atoms with Crippen LogP contribution in [0.5, 0.6) is 5.75 Å². The fraction of sp³-hybridized carbons (Fsp3) is 0.217. The molecule has 29 heavy (non-hydrogen) atoms. The molecule has 1 aliphatic heterocycles. The molecule has 4 rings (SSSR count). The molecule has 0 bridgehead atoms. The minimum Gasteiger partial charge on any atom is -0.493 e. The topological polar surface area (TPSA) is 39.2 Å². The van der Waals surface area contributed by atoms with Gasteiger partial charge in [0.15, 0.2) is 5.78 Å². The number of allylic oxidation sites excluding steroid dienone is 2. The average molecular weight is 397 g/mol. The summed E-state index contributed by atoms with van der Waals surface area (Å²) in [5.41, 5.74) is 2.15. The Bertz CT molecular complexity index is 1100. The Labute approximate surface area is 165 Å². The van der Waals surface area contributed by atoms with Gasteiger partial charge in [-0.05, 0) is 54.3 Å². The predicted molar refractivity (Wildman–Crippen MR) is 105 cm³/mol. The number of benzene rings is 2. The van der Waals surface area contributed by atoms with Crippen LogP contribution < -0.4 is 4.74 Å². The molecular formula is C23H18F3NO2. The molecule has 6 heteroatoms. The van der Waals surface area contributed by atoms with Crippen LogP contribution in [0.25, 0.3) is 16.5 Å². The molecule has 0 atom stereocenters. The number of carbonyl (C=O) groups is 1. The van der Waals surface area contributed by atoms with E-state index in [1.54, 1.807) is 6.20 Å². The molecule has 0 amide bonds. The Morgan fingerprint density at radius 2 is 2.00 bits per heavy atom. The van der Waals surface area contributed by atoms with Crippen LogP contribution in [0.1, 0.15) is 29.5 Å². The first kappa shape index (κ1) is 19.2. The van der Waals surface area contributed by atoms with Crippen molar-refractivity contribution in [2.24, 2.45) is 0 Å². The number of hydrogen-bond acceptors (Lipinski definition) is 3. The standard InChI is InChI=1S/C23H18F3NO2/c24-23(25,26)18-7-8-20-17(4-2-10-29-22(20)14-18)13-19(28)11-15-5-6-16-3-1-9-27-21(16)12-15/h1,3,5-9,12-14H,2,4,10-11H2/b17-13-. The number of aromatic nitrogens is 1. The van der Waals surface area contributed by atoms with E-state index >= 15 is 0 Å². The number of nitrogens with zero attached hydrogens (tertiary/aromatic N) is 1. The van der Waals surface area contributed by atoms with Crippen molar-refractivity contribution in [3.8, 4) is 5.75 Å². The van der Waals surface area contributed by atoms with Gasteiger partial charge < -0.3 is 4.74 Å². The zero-order valence-electron chi connectivity index (χ0n) is 15.5. The highest BCUT2D eigenvalue weighted by atomic mass is 19.4. The minimum absolute atomic E-state index is 0.108. The molecule has 1 aliphatic rings. The molecule has 1 aromatic heterocycles. The number of halogens is 3. The number of pyridine rings is 1. The fourth-order valence-electron chi connectivity index (χ4n) is 3.48. The second-order valence-electron chi connectivity index (χ2n) is 7.00. The van der Waals surface area contributed by atoms with Crippen LogP contribution in [0.15, 0.2) is 60.8 Å². The first-order valence-corrected chi connectivity index (χ1v) is 9.32. The van der Waals surface area contributed by atoms with Gasteiger partial charge in [-0.3, -0.25) is 9.78 Å². The van der Waals surface area contributed by atoms with Crippen molar-refractivity contribution in [3.05, 3.63) is 77.5 Å². The molecule has 3 nitrogen and oxygen atoms in total. The van der Waals surface area contributed by atoms with Crippen LogP contribution in [0, 0.1) is 0 Å². The van der Waals surface area contributed by atoms with Gasteiger partial charge in [0.25, 0.3) is 0 Å². The largest absolute Gasteiger partial charge is 0.493 e. The summed E-state index contributed by atoms with van der Waals surface area (Å²) in [6.45, 7) is 0.316. The molecule has 0 radical (unpaired) electrons. The smallest absolute Gasteiger partial charge is 0.416 e. The predicted octanol–water partition coefficient (Wildman–Crippen LogP) is 5.62. The third-order valence-electron chi connectivity index (χ3n) is 4.89. The quantitative estimate of drug-likeness (QED) is 0.539. The van der Waals surface area contributed by atoms with Crippen molar-refractivity contribution in [1.82, 2.24) is 4.98 Å². The Kier molecular flexibility index (Phi) is 5.09. The summed E-state index contributed by atoms with van der Waals surface area (Å²) >= 11 is 0. The summed E-state index contributed by atoms with van der Waals surface area (Å²) < 4.78 is 44.5. The van der Waals surface area contributed by atoms with Crippen LogP contribution in [-0.2, 0) is 17.4 Å². The highest BCUT2D eigenvalue weighted by molar-refractivity contribution is 5.99. The van der Waals surface area contributed by atoms with Crippen molar-refractivity contribution < 1.29 is 22.7 Å². The van der Waals surface area contributed by atoms with E-state index in [4.69, 9.17) is 4.74 Å².